The number of nitrogens with one attached hydrogen (secondary N) is 1. The molecule has 0 spiro atoms. The first-order valence-corrected chi connectivity index (χ1v) is 8.68. The Labute approximate surface area is 146 Å². The number of likely N-dealkylation sites (tertiary alicyclic amines) is 1. The Kier molecular flexibility index (Phi) is 5.31. The summed E-state index contributed by atoms with van der Waals surface area (Å²) in [6.07, 6.45) is 3.03. The molecule has 1 N–H and O–H groups in total. The number of hydrogen-bond acceptors (Lipinski definition) is 4. The van der Waals surface area contributed by atoms with E-state index in [2.05, 4.69) is 9.88 Å². The zero-order chi connectivity index (χ0) is 17.1. The molecule has 2 aromatic rings. The van der Waals surface area contributed by atoms with Gasteiger partial charge in [0.15, 0.2) is 0 Å². The van der Waals surface area contributed by atoms with Gasteiger partial charge >= 0.3 is 5.97 Å². The standard InChI is InChI=1S/C18H23ClN2O3/c1-12(22)24-11-13-5-4-9-21(13)10-8-14-17-15(20-18(14)19)6-3-7-16(17)23-2/h3,6-7,13,20H,4-5,8-11H2,1-2H3/t13-/m0/s1. The van der Waals surface area contributed by atoms with Crippen LogP contribution in [0.2, 0.25) is 5.15 Å². The lowest BCUT2D eigenvalue weighted by atomic mass is 10.1. The van der Waals surface area contributed by atoms with Crippen LogP contribution in [0.4, 0.5) is 0 Å². The quantitative estimate of drug-likeness (QED) is 0.811. The molecule has 1 atom stereocenters. The largest absolute Gasteiger partial charge is 0.496 e. The van der Waals surface area contributed by atoms with Gasteiger partial charge in [-0.2, -0.15) is 0 Å². The number of esters is 1. The van der Waals surface area contributed by atoms with Crippen molar-refractivity contribution in [3.05, 3.63) is 28.9 Å². The molecule has 1 aromatic heterocycles. The smallest absolute Gasteiger partial charge is 0.302 e. The fourth-order valence-corrected chi connectivity index (χ4v) is 3.79. The van der Waals surface area contributed by atoms with Crippen molar-refractivity contribution in [2.45, 2.75) is 32.2 Å². The highest BCUT2D eigenvalue weighted by molar-refractivity contribution is 6.32. The summed E-state index contributed by atoms with van der Waals surface area (Å²) in [6.45, 7) is 3.84. The van der Waals surface area contributed by atoms with Crippen LogP contribution >= 0.6 is 11.6 Å². The van der Waals surface area contributed by atoms with Gasteiger partial charge in [-0.05, 0) is 37.9 Å². The van der Waals surface area contributed by atoms with Crippen LogP contribution in [-0.4, -0.2) is 48.7 Å². The van der Waals surface area contributed by atoms with Gasteiger partial charge in [0.25, 0.3) is 0 Å². The Hall–Kier alpha value is -1.72. The Morgan fingerprint density at radius 1 is 1.46 bits per heavy atom. The van der Waals surface area contributed by atoms with E-state index in [-0.39, 0.29) is 5.97 Å². The van der Waals surface area contributed by atoms with E-state index in [1.54, 1.807) is 7.11 Å². The van der Waals surface area contributed by atoms with E-state index in [9.17, 15) is 4.79 Å². The van der Waals surface area contributed by atoms with Crippen molar-refractivity contribution in [3.8, 4) is 5.75 Å². The van der Waals surface area contributed by atoms with E-state index in [1.165, 1.54) is 6.92 Å². The first-order valence-electron chi connectivity index (χ1n) is 8.30. The van der Waals surface area contributed by atoms with Crippen LogP contribution in [-0.2, 0) is 16.0 Å². The Balaban J connectivity index is 1.73. The van der Waals surface area contributed by atoms with E-state index in [4.69, 9.17) is 21.1 Å². The molecule has 24 heavy (non-hydrogen) atoms. The second kappa shape index (κ2) is 7.45. The molecule has 0 bridgehead atoms. The van der Waals surface area contributed by atoms with Crippen LogP contribution in [0.1, 0.15) is 25.3 Å². The van der Waals surface area contributed by atoms with Gasteiger partial charge in [0, 0.05) is 30.5 Å². The third-order valence-corrected chi connectivity index (χ3v) is 5.01. The number of carbonyl (C=O) groups is 1. The summed E-state index contributed by atoms with van der Waals surface area (Å²) in [6, 6.07) is 6.22. The lowest BCUT2D eigenvalue weighted by Crippen LogP contribution is -2.35. The van der Waals surface area contributed by atoms with Crippen LogP contribution < -0.4 is 4.74 Å². The van der Waals surface area contributed by atoms with Crippen molar-refractivity contribution in [2.75, 3.05) is 26.8 Å². The number of ether oxygens (including phenoxy) is 2. The van der Waals surface area contributed by atoms with Crippen LogP contribution in [0.25, 0.3) is 10.9 Å². The lowest BCUT2D eigenvalue weighted by molar-refractivity contribution is -0.142. The molecular weight excluding hydrogens is 328 g/mol. The van der Waals surface area contributed by atoms with Crippen LogP contribution in [0.3, 0.4) is 0 Å². The zero-order valence-electron chi connectivity index (χ0n) is 14.1. The highest BCUT2D eigenvalue weighted by Crippen LogP contribution is 2.34. The lowest BCUT2D eigenvalue weighted by Gasteiger charge is -2.24. The number of aromatic amines is 1. The first kappa shape index (κ1) is 17.1. The molecule has 0 saturated carbocycles. The number of nitrogens with zero attached hydrogens (tertiary/aromatic N) is 1. The molecule has 0 radical (unpaired) electrons. The van der Waals surface area contributed by atoms with Gasteiger partial charge in [0.2, 0.25) is 0 Å². The number of fused-ring (bicyclic) bond motifs is 1. The van der Waals surface area contributed by atoms with Crippen LogP contribution in [0, 0.1) is 0 Å². The molecule has 6 heteroatoms. The molecule has 1 fully saturated rings. The molecule has 2 heterocycles. The number of H-pyrrole nitrogens is 1. The van der Waals surface area contributed by atoms with Crippen molar-refractivity contribution in [2.24, 2.45) is 0 Å². The maximum atomic E-state index is 11.0. The molecule has 5 nitrogen and oxygen atoms in total. The van der Waals surface area contributed by atoms with Gasteiger partial charge in [0.1, 0.15) is 17.5 Å². The summed E-state index contributed by atoms with van der Waals surface area (Å²) in [5.41, 5.74) is 2.08. The van der Waals surface area contributed by atoms with Crippen molar-refractivity contribution < 1.29 is 14.3 Å². The maximum Gasteiger partial charge on any atom is 0.302 e. The van der Waals surface area contributed by atoms with Gasteiger partial charge in [-0.1, -0.05) is 17.7 Å². The van der Waals surface area contributed by atoms with Crippen molar-refractivity contribution in [3.63, 3.8) is 0 Å². The number of hydrogen-bond donors (Lipinski definition) is 1. The van der Waals surface area contributed by atoms with Gasteiger partial charge in [-0.25, -0.2) is 0 Å². The summed E-state index contributed by atoms with van der Waals surface area (Å²) in [4.78, 5) is 16.6. The second-order valence-corrected chi connectivity index (χ2v) is 6.56. The SMILES string of the molecule is COc1cccc2[nH]c(Cl)c(CCN3CCC[C@H]3COC(C)=O)c12. The number of rotatable bonds is 6. The molecule has 3 rings (SSSR count). The highest BCUT2D eigenvalue weighted by atomic mass is 35.5. The van der Waals surface area contributed by atoms with E-state index in [0.717, 1.165) is 54.6 Å². The Morgan fingerprint density at radius 2 is 2.29 bits per heavy atom. The van der Waals surface area contributed by atoms with Crippen LogP contribution in [0.15, 0.2) is 18.2 Å². The summed E-state index contributed by atoms with van der Waals surface area (Å²) in [7, 11) is 1.68. The van der Waals surface area contributed by atoms with E-state index < -0.39 is 0 Å². The summed E-state index contributed by atoms with van der Waals surface area (Å²) < 4.78 is 10.7. The summed E-state index contributed by atoms with van der Waals surface area (Å²) >= 11 is 6.42. The molecular formula is C18H23ClN2O3. The highest BCUT2D eigenvalue weighted by Gasteiger charge is 2.26. The minimum atomic E-state index is -0.216. The number of carbonyl (C=O) groups excluding carboxylic acids is 1. The number of methoxy groups -OCH3 is 1. The average molecular weight is 351 g/mol. The Morgan fingerprint density at radius 3 is 3.04 bits per heavy atom. The molecule has 0 aliphatic carbocycles. The zero-order valence-corrected chi connectivity index (χ0v) is 14.9. The number of aromatic nitrogens is 1. The topological polar surface area (TPSA) is 54.6 Å². The molecule has 1 aliphatic heterocycles. The maximum absolute atomic E-state index is 11.0. The fraction of sp³-hybridized carbons (Fsp3) is 0.500. The Bertz CT molecular complexity index is 728. The number of benzene rings is 1. The minimum Gasteiger partial charge on any atom is -0.496 e. The van der Waals surface area contributed by atoms with Gasteiger partial charge in [0.05, 0.1) is 12.6 Å². The third kappa shape index (κ3) is 3.52. The van der Waals surface area contributed by atoms with Crippen molar-refractivity contribution >= 4 is 28.5 Å². The monoisotopic (exact) mass is 350 g/mol. The molecule has 130 valence electrons. The van der Waals surface area contributed by atoms with Crippen molar-refractivity contribution in [1.82, 2.24) is 9.88 Å². The van der Waals surface area contributed by atoms with E-state index in [1.807, 2.05) is 18.2 Å². The molecule has 1 aromatic carbocycles. The summed E-state index contributed by atoms with van der Waals surface area (Å²) in [5, 5.41) is 1.73. The predicted molar refractivity (Wildman–Crippen MR) is 94.8 cm³/mol. The van der Waals surface area contributed by atoms with Crippen LogP contribution in [0.5, 0.6) is 5.75 Å². The third-order valence-electron chi connectivity index (χ3n) is 4.68. The van der Waals surface area contributed by atoms with Gasteiger partial charge in [-0.15, -0.1) is 0 Å². The predicted octanol–water partition coefficient (Wildman–Crippen LogP) is 3.40. The molecule has 0 amide bonds. The normalized spacial score (nSPS) is 18.2. The van der Waals surface area contributed by atoms with E-state index >= 15 is 0 Å². The summed E-state index contributed by atoms with van der Waals surface area (Å²) in [5.74, 6) is 0.620. The fourth-order valence-electron chi connectivity index (χ4n) is 3.50. The molecule has 0 unspecified atom stereocenters. The minimum absolute atomic E-state index is 0.216. The first-order chi connectivity index (χ1) is 11.6. The molecule has 1 saturated heterocycles. The second-order valence-electron chi connectivity index (χ2n) is 6.18. The van der Waals surface area contributed by atoms with Gasteiger partial charge < -0.3 is 14.5 Å². The average Bonchev–Trinajstić information content (AvgIpc) is 3.13. The van der Waals surface area contributed by atoms with Crippen molar-refractivity contribution in [1.29, 1.82) is 0 Å². The molecule has 1 aliphatic rings. The van der Waals surface area contributed by atoms with E-state index in [0.29, 0.717) is 17.8 Å². The number of halogens is 1. The van der Waals surface area contributed by atoms with Gasteiger partial charge in [-0.3, -0.25) is 9.69 Å².